The van der Waals surface area contributed by atoms with Crippen LogP contribution in [0.2, 0.25) is 0 Å². The van der Waals surface area contributed by atoms with Gasteiger partial charge in [-0.25, -0.2) is 9.59 Å². The Hall–Kier alpha value is -2.04. The third kappa shape index (κ3) is 4.08. The van der Waals surface area contributed by atoms with E-state index >= 15 is 0 Å². The Morgan fingerprint density at radius 1 is 1.28 bits per heavy atom. The highest BCUT2D eigenvalue weighted by atomic mass is 16.4. The zero-order valence-electron chi connectivity index (χ0n) is 10.5. The molecule has 0 aliphatic rings. The number of carbonyl (C=O) groups excluding carboxylic acids is 1. The Balaban J connectivity index is 2.60. The van der Waals surface area contributed by atoms with E-state index in [1.54, 1.807) is 31.2 Å². The van der Waals surface area contributed by atoms with Gasteiger partial charge in [-0.15, -0.1) is 0 Å². The highest BCUT2D eigenvalue weighted by Gasteiger charge is 2.25. The summed E-state index contributed by atoms with van der Waals surface area (Å²) < 4.78 is 0. The number of benzene rings is 1. The Morgan fingerprint density at radius 3 is 2.39 bits per heavy atom. The molecule has 0 unspecified atom stereocenters. The zero-order valence-corrected chi connectivity index (χ0v) is 10.5. The molecule has 5 heteroatoms. The van der Waals surface area contributed by atoms with E-state index in [-0.39, 0.29) is 5.92 Å². The average molecular weight is 250 g/mol. The molecule has 0 aromatic heterocycles. The molecule has 0 bridgehead atoms. The molecule has 0 radical (unpaired) electrons. The highest BCUT2D eigenvalue weighted by molar-refractivity contribution is 5.92. The van der Waals surface area contributed by atoms with Crippen LogP contribution >= 0.6 is 0 Å². The molecule has 0 heterocycles. The van der Waals surface area contributed by atoms with Gasteiger partial charge in [0.2, 0.25) is 0 Å². The maximum Gasteiger partial charge on any atom is 0.326 e. The molecule has 2 amide bonds. The van der Waals surface area contributed by atoms with Crippen molar-refractivity contribution in [3.05, 3.63) is 30.3 Å². The molecule has 98 valence electrons. The number of anilines is 1. The lowest BCUT2D eigenvalue weighted by atomic mass is 9.99. The normalized spacial score (nSPS) is 13.4. The first-order valence-corrected chi connectivity index (χ1v) is 5.90. The number of rotatable bonds is 5. The zero-order chi connectivity index (χ0) is 13.5. The second-order valence-electron chi connectivity index (χ2n) is 4.17. The minimum absolute atomic E-state index is 0.121. The van der Waals surface area contributed by atoms with Gasteiger partial charge in [-0.2, -0.15) is 0 Å². The quantitative estimate of drug-likeness (QED) is 0.750. The molecular formula is C13H18N2O3. The smallest absolute Gasteiger partial charge is 0.326 e. The standard InChI is InChI=1S/C13H18N2O3/c1-3-9(2)11(12(16)17)15-13(18)14-10-7-5-4-6-8-10/h4-9,11H,3H2,1-2H3,(H,16,17)(H2,14,15,18)/t9-,11-/m0/s1. The van der Waals surface area contributed by atoms with Gasteiger partial charge >= 0.3 is 12.0 Å². The first-order valence-electron chi connectivity index (χ1n) is 5.90. The number of nitrogens with one attached hydrogen (secondary N) is 2. The van der Waals surface area contributed by atoms with Crippen molar-refractivity contribution in [2.24, 2.45) is 5.92 Å². The van der Waals surface area contributed by atoms with Crippen molar-refractivity contribution in [3.63, 3.8) is 0 Å². The predicted molar refractivity (Wildman–Crippen MR) is 69.5 cm³/mol. The van der Waals surface area contributed by atoms with Gasteiger partial charge in [0.15, 0.2) is 0 Å². The van der Waals surface area contributed by atoms with Crippen LogP contribution in [0.5, 0.6) is 0 Å². The summed E-state index contributed by atoms with van der Waals surface area (Å²) in [7, 11) is 0. The van der Waals surface area contributed by atoms with Crippen molar-refractivity contribution in [2.45, 2.75) is 26.3 Å². The van der Waals surface area contributed by atoms with Crippen molar-refractivity contribution >= 4 is 17.7 Å². The summed E-state index contributed by atoms with van der Waals surface area (Å²) in [4.78, 5) is 22.7. The largest absolute Gasteiger partial charge is 0.480 e. The number of hydrogen-bond acceptors (Lipinski definition) is 2. The van der Waals surface area contributed by atoms with Crippen LogP contribution in [-0.4, -0.2) is 23.1 Å². The number of carbonyl (C=O) groups is 2. The van der Waals surface area contributed by atoms with E-state index < -0.39 is 18.0 Å². The molecule has 0 aliphatic heterocycles. The summed E-state index contributed by atoms with van der Waals surface area (Å²) in [5.74, 6) is -1.14. The minimum Gasteiger partial charge on any atom is -0.480 e. The molecular weight excluding hydrogens is 232 g/mol. The number of para-hydroxylation sites is 1. The molecule has 0 spiro atoms. The third-order valence-corrected chi connectivity index (χ3v) is 2.80. The molecule has 0 saturated carbocycles. The first-order chi connectivity index (χ1) is 8.54. The summed E-state index contributed by atoms with van der Waals surface area (Å²) in [6.45, 7) is 3.68. The third-order valence-electron chi connectivity index (χ3n) is 2.80. The van der Waals surface area contributed by atoms with Gasteiger partial charge in [0.25, 0.3) is 0 Å². The van der Waals surface area contributed by atoms with Gasteiger partial charge in [-0.1, -0.05) is 38.5 Å². The summed E-state index contributed by atoms with van der Waals surface area (Å²) in [5, 5.41) is 14.1. The lowest BCUT2D eigenvalue weighted by molar-refractivity contribution is -0.140. The number of hydrogen-bond donors (Lipinski definition) is 3. The Bertz CT molecular complexity index is 406. The van der Waals surface area contributed by atoms with E-state index in [1.165, 1.54) is 0 Å². The van der Waals surface area contributed by atoms with Crippen molar-refractivity contribution in [1.82, 2.24) is 5.32 Å². The van der Waals surface area contributed by atoms with E-state index in [4.69, 9.17) is 5.11 Å². The summed E-state index contributed by atoms with van der Waals surface area (Å²) in [6.07, 6.45) is 0.683. The van der Waals surface area contributed by atoms with Crippen LogP contribution in [0, 0.1) is 5.92 Å². The minimum atomic E-state index is -1.02. The van der Waals surface area contributed by atoms with Gasteiger partial charge in [0.1, 0.15) is 6.04 Å². The molecule has 5 nitrogen and oxygen atoms in total. The van der Waals surface area contributed by atoms with E-state index in [9.17, 15) is 9.59 Å². The first kappa shape index (κ1) is 14.0. The summed E-state index contributed by atoms with van der Waals surface area (Å²) in [6, 6.07) is 7.50. The summed E-state index contributed by atoms with van der Waals surface area (Å²) in [5.41, 5.74) is 0.628. The Morgan fingerprint density at radius 2 is 1.89 bits per heavy atom. The van der Waals surface area contributed by atoms with Crippen LogP contribution in [0.25, 0.3) is 0 Å². The van der Waals surface area contributed by atoms with Gasteiger partial charge in [-0.05, 0) is 18.1 Å². The number of carboxylic acid groups (broad SMARTS) is 1. The second kappa shape index (κ2) is 6.64. The molecule has 3 N–H and O–H groups in total. The Kier molecular flexibility index (Phi) is 5.17. The number of carboxylic acids is 1. The van der Waals surface area contributed by atoms with Crippen LogP contribution in [-0.2, 0) is 4.79 Å². The second-order valence-corrected chi connectivity index (χ2v) is 4.17. The van der Waals surface area contributed by atoms with Gasteiger partial charge in [-0.3, -0.25) is 0 Å². The molecule has 0 aliphatic carbocycles. The van der Waals surface area contributed by atoms with E-state index in [2.05, 4.69) is 10.6 Å². The monoisotopic (exact) mass is 250 g/mol. The van der Waals surface area contributed by atoms with Crippen LogP contribution in [0.4, 0.5) is 10.5 Å². The molecule has 1 aromatic rings. The topological polar surface area (TPSA) is 78.4 Å². The van der Waals surface area contributed by atoms with Gasteiger partial charge in [0.05, 0.1) is 0 Å². The Labute approximate surface area is 106 Å². The fraction of sp³-hybridized carbons (Fsp3) is 0.385. The fourth-order valence-corrected chi connectivity index (χ4v) is 1.51. The number of amides is 2. The fourth-order valence-electron chi connectivity index (χ4n) is 1.51. The number of aliphatic carboxylic acids is 1. The average Bonchev–Trinajstić information content (AvgIpc) is 2.36. The van der Waals surface area contributed by atoms with Crippen molar-refractivity contribution in [2.75, 3.05) is 5.32 Å². The molecule has 0 saturated heterocycles. The molecule has 18 heavy (non-hydrogen) atoms. The molecule has 0 fully saturated rings. The molecule has 1 rings (SSSR count). The van der Waals surface area contributed by atoms with Crippen LogP contribution in [0.1, 0.15) is 20.3 Å². The van der Waals surface area contributed by atoms with Crippen molar-refractivity contribution in [3.8, 4) is 0 Å². The van der Waals surface area contributed by atoms with Crippen molar-refractivity contribution in [1.29, 1.82) is 0 Å². The SMILES string of the molecule is CC[C@H](C)[C@H](NC(=O)Nc1ccccc1)C(=O)O. The molecule has 1 aromatic carbocycles. The lowest BCUT2D eigenvalue weighted by Crippen LogP contribution is -2.46. The molecule has 2 atom stereocenters. The van der Waals surface area contributed by atoms with E-state index in [0.29, 0.717) is 12.1 Å². The highest BCUT2D eigenvalue weighted by Crippen LogP contribution is 2.09. The maximum atomic E-state index is 11.7. The maximum absolute atomic E-state index is 11.7. The predicted octanol–water partition coefficient (Wildman–Crippen LogP) is 2.31. The van der Waals surface area contributed by atoms with E-state index in [0.717, 1.165) is 0 Å². The summed E-state index contributed by atoms with van der Waals surface area (Å²) >= 11 is 0. The van der Waals surface area contributed by atoms with Crippen LogP contribution in [0.15, 0.2) is 30.3 Å². The number of urea groups is 1. The van der Waals surface area contributed by atoms with Gasteiger partial charge in [0, 0.05) is 5.69 Å². The lowest BCUT2D eigenvalue weighted by Gasteiger charge is -2.20. The van der Waals surface area contributed by atoms with Crippen LogP contribution < -0.4 is 10.6 Å². The van der Waals surface area contributed by atoms with Gasteiger partial charge < -0.3 is 15.7 Å². The van der Waals surface area contributed by atoms with Crippen molar-refractivity contribution < 1.29 is 14.7 Å². The van der Waals surface area contributed by atoms with Crippen LogP contribution in [0.3, 0.4) is 0 Å². The van der Waals surface area contributed by atoms with E-state index in [1.807, 2.05) is 13.0 Å².